The van der Waals surface area contributed by atoms with Gasteiger partial charge in [-0.05, 0) is 69.1 Å². The minimum Gasteiger partial charge on any atom is -0.462 e. The van der Waals surface area contributed by atoms with Gasteiger partial charge >= 0.3 is 39.5 Å². The normalized spacial score (nSPS) is 14.3. The molecule has 17 nitrogen and oxygen atoms in total. The third kappa shape index (κ3) is 68.1. The van der Waals surface area contributed by atoms with E-state index in [1.165, 1.54) is 141 Å². The predicted molar refractivity (Wildman–Crippen MR) is 381 cm³/mol. The highest BCUT2D eigenvalue weighted by molar-refractivity contribution is 7.47. The van der Waals surface area contributed by atoms with Crippen LogP contribution in [0.15, 0.2) is 24.3 Å². The number of allylic oxidation sites excluding steroid dienone is 4. The van der Waals surface area contributed by atoms with Gasteiger partial charge in [-0.25, -0.2) is 9.13 Å². The number of carbonyl (C=O) groups excluding carboxylic acids is 4. The zero-order chi connectivity index (χ0) is 69.4. The zero-order valence-corrected chi connectivity index (χ0v) is 62.7. The third-order valence-electron chi connectivity index (χ3n) is 16.8. The van der Waals surface area contributed by atoms with Crippen molar-refractivity contribution in [3.8, 4) is 0 Å². The topological polar surface area (TPSA) is 237 Å². The summed E-state index contributed by atoms with van der Waals surface area (Å²) in [6.45, 7) is 11.7. The number of phosphoric acid groups is 2. The molecule has 554 valence electrons. The molecule has 5 atom stereocenters. The Balaban J connectivity index is 5.22. The molecule has 0 bridgehead atoms. The molecule has 0 amide bonds. The van der Waals surface area contributed by atoms with E-state index in [-0.39, 0.29) is 25.7 Å². The van der Waals surface area contributed by atoms with Crippen LogP contribution in [0.3, 0.4) is 0 Å². The summed E-state index contributed by atoms with van der Waals surface area (Å²) in [6, 6.07) is 0. The van der Waals surface area contributed by atoms with Crippen LogP contribution in [-0.2, 0) is 65.4 Å². The summed E-state index contributed by atoms with van der Waals surface area (Å²) in [6.07, 6.45) is 53.8. The van der Waals surface area contributed by atoms with E-state index in [0.717, 1.165) is 121 Å². The molecule has 3 N–H and O–H groups in total. The first-order valence-corrected chi connectivity index (χ1v) is 41.2. The fourth-order valence-electron chi connectivity index (χ4n) is 10.9. The van der Waals surface area contributed by atoms with E-state index in [1.54, 1.807) is 0 Å². The second kappa shape index (κ2) is 65.2. The summed E-state index contributed by atoms with van der Waals surface area (Å²) >= 11 is 0. The van der Waals surface area contributed by atoms with Crippen molar-refractivity contribution in [1.82, 2.24) is 0 Å². The second-order valence-corrected chi connectivity index (χ2v) is 30.7. The number of hydrogen-bond acceptors (Lipinski definition) is 15. The maximum atomic E-state index is 13.0. The monoisotopic (exact) mass is 1380 g/mol. The first-order valence-electron chi connectivity index (χ1n) is 38.2. The van der Waals surface area contributed by atoms with E-state index in [2.05, 4.69) is 72.8 Å². The number of rotatable bonds is 71. The molecule has 0 heterocycles. The Morgan fingerprint density at radius 2 is 0.574 bits per heavy atom. The first-order chi connectivity index (χ1) is 45.2. The van der Waals surface area contributed by atoms with Gasteiger partial charge < -0.3 is 33.8 Å². The number of hydrogen-bond donors (Lipinski definition) is 3. The van der Waals surface area contributed by atoms with E-state index in [1.807, 2.05) is 0 Å². The zero-order valence-electron chi connectivity index (χ0n) is 60.9. The number of ether oxygens (including phenoxy) is 4. The molecule has 3 unspecified atom stereocenters. The van der Waals surface area contributed by atoms with Crippen molar-refractivity contribution < 1.29 is 80.2 Å². The van der Waals surface area contributed by atoms with Crippen molar-refractivity contribution in [2.24, 2.45) is 17.8 Å². The van der Waals surface area contributed by atoms with Crippen LogP contribution in [0.25, 0.3) is 0 Å². The fourth-order valence-corrected chi connectivity index (χ4v) is 12.5. The van der Waals surface area contributed by atoms with Crippen molar-refractivity contribution in [2.45, 2.75) is 375 Å². The molecule has 0 aliphatic carbocycles. The molecule has 0 aliphatic heterocycles. The first kappa shape index (κ1) is 91.5. The average molecular weight is 1380 g/mol. The highest BCUT2D eigenvalue weighted by Gasteiger charge is 2.30. The number of esters is 4. The molecule has 0 saturated carbocycles. The minimum atomic E-state index is -4.96. The Hall–Kier alpha value is -2.46. The SMILES string of the molecule is CCCCCC/C=C\C=C/CCCCCCCC(=O)OC[C@H](COP(=O)(O)OCC(O)COP(=O)(O)OC[C@@H](COC(=O)CCCCCCCCC(C)C)OC(=O)CCCCCCCCCCCCCCCCCCC(C)C)OC(=O)CCCCCCCCCCC(C)C. The van der Waals surface area contributed by atoms with Crippen LogP contribution >= 0.6 is 15.6 Å². The molecule has 19 heteroatoms. The van der Waals surface area contributed by atoms with Gasteiger partial charge in [-0.15, -0.1) is 0 Å². The number of aliphatic hydroxyl groups is 1. The number of aliphatic hydroxyl groups excluding tert-OH is 1. The average Bonchev–Trinajstić information content (AvgIpc) is 1.20. The predicted octanol–water partition coefficient (Wildman–Crippen LogP) is 21.3. The molecule has 0 aromatic carbocycles. The summed E-state index contributed by atoms with van der Waals surface area (Å²) < 4.78 is 68.4. The maximum Gasteiger partial charge on any atom is 0.472 e. The summed E-state index contributed by atoms with van der Waals surface area (Å²) in [7, 11) is -9.92. The van der Waals surface area contributed by atoms with Gasteiger partial charge in [-0.3, -0.25) is 37.3 Å². The molecular formula is C75H142O17P2. The molecule has 0 spiro atoms. The van der Waals surface area contributed by atoms with Crippen LogP contribution < -0.4 is 0 Å². The van der Waals surface area contributed by atoms with E-state index >= 15 is 0 Å². The molecule has 0 aliphatic rings. The van der Waals surface area contributed by atoms with Crippen molar-refractivity contribution in [2.75, 3.05) is 39.6 Å². The molecule has 0 fully saturated rings. The van der Waals surface area contributed by atoms with E-state index in [9.17, 15) is 43.2 Å². The highest BCUT2D eigenvalue weighted by Crippen LogP contribution is 2.45. The quantitative estimate of drug-likeness (QED) is 0.0169. The number of carbonyl (C=O) groups is 4. The summed E-state index contributed by atoms with van der Waals surface area (Å²) in [5, 5.41) is 10.6. The smallest absolute Gasteiger partial charge is 0.462 e. The lowest BCUT2D eigenvalue weighted by molar-refractivity contribution is -0.161. The van der Waals surface area contributed by atoms with Crippen LogP contribution in [-0.4, -0.2) is 96.7 Å². The molecule has 0 saturated heterocycles. The van der Waals surface area contributed by atoms with E-state index in [4.69, 9.17) is 37.0 Å². The highest BCUT2D eigenvalue weighted by atomic mass is 31.2. The van der Waals surface area contributed by atoms with Gasteiger partial charge in [0.05, 0.1) is 26.4 Å². The van der Waals surface area contributed by atoms with E-state index in [0.29, 0.717) is 37.5 Å². The molecule has 0 radical (unpaired) electrons. The Kier molecular flexibility index (Phi) is 63.5. The van der Waals surface area contributed by atoms with Gasteiger partial charge in [0.25, 0.3) is 0 Å². The van der Waals surface area contributed by atoms with E-state index < -0.39 is 97.5 Å². The minimum absolute atomic E-state index is 0.0973. The van der Waals surface area contributed by atoms with Gasteiger partial charge in [0.2, 0.25) is 0 Å². The lowest BCUT2D eigenvalue weighted by Gasteiger charge is -2.21. The lowest BCUT2D eigenvalue weighted by atomic mass is 10.0. The van der Waals surface area contributed by atoms with Gasteiger partial charge in [0.15, 0.2) is 12.2 Å². The molecule has 0 aromatic heterocycles. The fraction of sp³-hybridized carbons (Fsp3) is 0.893. The van der Waals surface area contributed by atoms with Crippen LogP contribution in [0, 0.1) is 17.8 Å². The van der Waals surface area contributed by atoms with Gasteiger partial charge in [-0.1, -0.05) is 304 Å². The van der Waals surface area contributed by atoms with Crippen LogP contribution in [0.5, 0.6) is 0 Å². The largest absolute Gasteiger partial charge is 0.472 e. The second-order valence-electron chi connectivity index (χ2n) is 27.8. The van der Waals surface area contributed by atoms with Gasteiger partial charge in [0.1, 0.15) is 19.3 Å². The van der Waals surface area contributed by atoms with Crippen LogP contribution in [0.1, 0.15) is 357 Å². The molecule has 0 rings (SSSR count). The molecule has 0 aromatic rings. The van der Waals surface area contributed by atoms with Crippen LogP contribution in [0.2, 0.25) is 0 Å². The number of unbranched alkanes of at least 4 members (excludes halogenated alkanes) is 36. The molecular weight excluding hydrogens is 1230 g/mol. The standard InChI is InChI=1S/C75H142O17P2/c1-8-9-10-11-12-13-14-15-18-22-25-28-34-42-49-56-72(77)85-62-70(92-75(80)59-52-45-36-31-30-33-40-47-54-67(4)5)64-89-93(81,82)87-60-69(76)61-88-94(83,84)90-65-71(63-86-73(78)57-50-43-38-37-41-48-55-68(6)7)91-74(79)58-51-44-35-29-26-23-20-17-16-19-21-24-27-32-39-46-53-66(2)3/h13-15,18,66-71,76H,8-12,16-17,19-65H2,1-7H3,(H,81,82)(H,83,84)/b14-13-,18-15-/t69?,70-,71-/m1/s1. The summed E-state index contributed by atoms with van der Waals surface area (Å²) in [4.78, 5) is 72.7. The lowest BCUT2D eigenvalue weighted by Crippen LogP contribution is -2.30. The van der Waals surface area contributed by atoms with Crippen LogP contribution in [0.4, 0.5) is 0 Å². The van der Waals surface area contributed by atoms with Gasteiger partial charge in [0, 0.05) is 25.7 Å². The summed E-state index contributed by atoms with van der Waals surface area (Å²) in [5.41, 5.74) is 0. The summed E-state index contributed by atoms with van der Waals surface area (Å²) in [5.74, 6) is 0.0467. The van der Waals surface area contributed by atoms with Crippen molar-refractivity contribution in [1.29, 1.82) is 0 Å². The Morgan fingerprint density at radius 3 is 0.862 bits per heavy atom. The Labute approximate surface area is 573 Å². The Bertz CT molecular complexity index is 1930. The number of phosphoric ester groups is 2. The third-order valence-corrected chi connectivity index (χ3v) is 18.7. The van der Waals surface area contributed by atoms with Gasteiger partial charge in [-0.2, -0.15) is 0 Å². The maximum absolute atomic E-state index is 13.0. The van der Waals surface area contributed by atoms with Crippen molar-refractivity contribution in [3.05, 3.63) is 24.3 Å². The molecule has 94 heavy (non-hydrogen) atoms. The van der Waals surface area contributed by atoms with Crippen molar-refractivity contribution in [3.63, 3.8) is 0 Å². The van der Waals surface area contributed by atoms with Crippen molar-refractivity contribution >= 4 is 39.5 Å². The Morgan fingerprint density at radius 1 is 0.330 bits per heavy atom.